The van der Waals surface area contributed by atoms with E-state index in [1.54, 1.807) is 7.05 Å². The van der Waals surface area contributed by atoms with Crippen molar-refractivity contribution in [2.24, 2.45) is 4.99 Å². The summed E-state index contributed by atoms with van der Waals surface area (Å²) in [6, 6.07) is 0. The van der Waals surface area contributed by atoms with Crippen molar-refractivity contribution in [2.45, 2.75) is 46.6 Å². The third kappa shape index (κ3) is 7.64. The van der Waals surface area contributed by atoms with Gasteiger partial charge in [-0.05, 0) is 62.2 Å². The molecule has 1 heterocycles. The van der Waals surface area contributed by atoms with Gasteiger partial charge in [0.2, 0.25) is 0 Å². The van der Waals surface area contributed by atoms with E-state index in [0.717, 1.165) is 22.6 Å². The normalized spacial score (nSPS) is 18.7. The number of carbonyl (C=O) groups is 1. The Morgan fingerprint density at radius 2 is 2.12 bits per heavy atom. The minimum atomic E-state index is -0.494. The lowest BCUT2D eigenvalue weighted by Crippen LogP contribution is -2.37. The van der Waals surface area contributed by atoms with E-state index in [-0.39, 0.29) is 6.09 Å². The Hall–Kier alpha value is -1.76. The second kappa shape index (κ2) is 9.80. The number of rotatable bonds is 5. The van der Waals surface area contributed by atoms with Crippen LogP contribution >= 0.6 is 15.9 Å². The lowest BCUT2D eigenvalue weighted by molar-refractivity contribution is 0.0304. The number of ether oxygens (including phenoxy) is 1. The Labute approximate surface area is 165 Å². The van der Waals surface area contributed by atoms with Crippen LogP contribution in [0.1, 0.15) is 41.0 Å². The maximum absolute atomic E-state index is 12.0. The van der Waals surface area contributed by atoms with Crippen LogP contribution in [0.5, 0.6) is 0 Å². The molecule has 0 aromatic carbocycles. The van der Waals surface area contributed by atoms with Gasteiger partial charge >= 0.3 is 6.09 Å². The molecule has 1 N–H and O–H groups in total. The first-order chi connectivity index (χ1) is 12.0. The number of nitrogens with zero attached hydrogens (tertiary/aromatic N) is 3. The predicted octanol–water partition coefficient (Wildman–Crippen LogP) is 4.22. The Morgan fingerprint density at radius 1 is 1.46 bits per heavy atom. The Morgan fingerprint density at radius 3 is 2.69 bits per heavy atom. The van der Waals surface area contributed by atoms with Crippen molar-refractivity contribution in [2.75, 3.05) is 27.2 Å². The summed E-state index contributed by atoms with van der Waals surface area (Å²) >= 11 is 3.63. The number of amides is 1. The summed E-state index contributed by atoms with van der Waals surface area (Å²) < 4.78 is 6.31. The Balaban J connectivity index is 2.71. The molecule has 1 rings (SSSR count). The third-order valence-corrected chi connectivity index (χ3v) is 4.24. The van der Waals surface area contributed by atoms with Crippen LogP contribution in [0.4, 0.5) is 4.79 Å². The summed E-state index contributed by atoms with van der Waals surface area (Å²) in [7, 11) is 3.69. The van der Waals surface area contributed by atoms with E-state index < -0.39 is 5.60 Å². The van der Waals surface area contributed by atoms with Crippen LogP contribution < -0.4 is 5.32 Å². The SMILES string of the molecule is CCC(C)=C/C(Br)=C1/NC(=NCCN(C)C(=O)OC(C)(C)C)C=CN1C. The van der Waals surface area contributed by atoms with Gasteiger partial charge < -0.3 is 19.9 Å². The van der Waals surface area contributed by atoms with E-state index in [2.05, 4.69) is 46.2 Å². The van der Waals surface area contributed by atoms with Gasteiger partial charge in [0.25, 0.3) is 0 Å². The van der Waals surface area contributed by atoms with Crippen LogP contribution in [0.3, 0.4) is 0 Å². The molecule has 0 atom stereocenters. The van der Waals surface area contributed by atoms with Crippen molar-refractivity contribution in [1.29, 1.82) is 0 Å². The molecule has 146 valence electrons. The van der Waals surface area contributed by atoms with Gasteiger partial charge in [-0.3, -0.25) is 4.99 Å². The van der Waals surface area contributed by atoms with Gasteiger partial charge in [-0.15, -0.1) is 0 Å². The third-order valence-electron chi connectivity index (χ3n) is 3.63. The van der Waals surface area contributed by atoms with Gasteiger partial charge in [0.1, 0.15) is 17.3 Å². The minimum absolute atomic E-state index is 0.340. The van der Waals surface area contributed by atoms with Crippen molar-refractivity contribution in [1.82, 2.24) is 15.1 Å². The van der Waals surface area contributed by atoms with Crippen LogP contribution in [0.25, 0.3) is 0 Å². The van der Waals surface area contributed by atoms with Crippen LogP contribution in [0, 0.1) is 0 Å². The van der Waals surface area contributed by atoms with Crippen molar-refractivity contribution < 1.29 is 9.53 Å². The largest absolute Gasteiger partial charge is 0.444 e. The molecular formula is C19H31BrN4O2. The molecule has 0 unspecified atom stereocenters. The van der Waals surface area contributed by atoms with Crippen molar-refractivity contribution in [3.63, 3.8) is 0 Å². The van der Waals surface area contributed by atoms with E-state index in [9.17, 15) is 4.79 Å². The molecule has 0 aromatic heterocycles. The monoisotopic (exact) mass is 426 g/mol. The fraction of sp³-hybridized carbons (Fsp3) is 0.579. The topological polar surface area (TPSA) is 57.2 Å². The lowest BCUT2D eigenvalue weighted by Gasteiger charge is -2.26. The molecule has 7 heteroatoms. The highest BCUT2D eigenvalue weighted by molar-refractivity contribution is 9.11. The Bertz CT molecular complexity index is 630. The molecule has 0 aromatic rings. The van der Waals surface area contributed by atoms with Gasteiger partial charge in [-0.2, -0.15) is 0 Å². The number of hydrogen-bond donors (Lipinski definition) is 1. The molecule has 0 fully saturated rings. The first-order valence-corrected chi connectivity index (χ1v) is 9.56. The standard InChI is InChI=1S/C19H31BrN4O2/c1-8-14(2)13-15(20)17-22-16(9-11-23(17)6)21-10-12-24(7)18(25)26-19(3,4)5/h9,11,13H,8,10,12H2,1-7H3,(H,21,22)/b14-13?,17-15+. The van der Waals surface area contributed by atoms with Crippen molar-refractivity contribution in [3.05, 3.63) is 34.2 Å². The molecule has 1 aliphatic rings. The molecule has 0 spiro atoms. The number of likely N-dealkylation sites (N-methyl/N-ethyl adjacent to an activating group) is 1. The molecule has 26 heavy (non-hydrogen) atoms. The molecular weight excluding hydrogens is 396 g/mol. The molecule has 6 nitrogen and oxygen atoms in total. The highest BCUT2D eigenvalue weighted by Crippen LogP contribution is 2.19. The summed E-state index contributed by atoms with van der Waals surface area (Å²) in [5, 5.41) is 3.32. The number of aliphatic imine (C=N–C) groups is 1. The highest BCUT2D eigenvalue weighted by atomic mass is 79.9. The van der Waals surface area contributed by atoms with Crippen molar-refractivity contribution in [3.8, 4) is 0 Å². The summed E-state index contributed by atoms with van der Waals surface area (Å²) in [5.74, 6) is 1.69. The van der Waals surface area contributed by atoms with E-state index in [1.165, 1.54) is 10.5 Å². The minimum Gasteiger partial charge on any atom is -0.444 e. The molecule has 0 bridgehead atoms. The smallest absolute Gasteiger partial charge is 0.410 e. The molecule has 1 amide bonds. The first kappa shape index (κ1) is 22.3. The van der Waals surface area contributed by atoms with Crippen LogP contribution in [0.15, 0.2) is 39.2 Å². The summed E-state index contributed by atoms with van der Waals surface area (Å²) in [4.78, 5) is 20.0. The maximum atomic E-state index is 12.0. The summed E-state index contributed by atoms with van der Waals surface area (Å²) in [6.07, 6.45) is 6.63. The average molecular weight is 427 g/mol. The van der Waals surface area contributed by atoms with Crippen molar-refractivity contribution >= 4 is 27.9 Å². The maximum Gasteiger partial charge on any atom is 0.410 e. The van der Waals surface area contributed by atoms with Gasteiger partial charge in [0, 0.05) is 26.8 Å². The number of hydrogen-bond acceptors (Lipinski definition) is 4. The van der Waals surface area contributed by atoms with Crippen LogP contribution in [0.2, 0.25) is 0 Å². The van der Waals surface area contributed by atoms with Crippen LogP contribution in [-0.2, 0) is 4.74 Å². The number of halogens is 1. The number of allylic oxidation sites excluding steroid dienone is 3. The fourth-order valence-corrected chi connectivity index (χ4v) is 2.74. The zero-order valence-electron chi connectivity index (χ0n) is 16.9. The first-order valence-electron chi connectivity index (χ1n) is 8.77. The Kier molecular flexibility index (Phi) is 8.40. The molecule has 1 aliphatic heterocycles. The quantitative estimate of drug-likeness (QED) is 0.714. The van der Waals surface area contributed by atoms with E-state index in [4.69, 9.17) is 4.74 Å². The zero-order chi connectivity index (χ0) is 19.9. The average Bonchev–Trinajstić information content (AvgIpc) is 2.54. The predicted molar refractivity (Wildman–Crippen MR) is 111 cm³/mol. The lowest BCUT2D eigenvalue weighted by atomic mass is 10.2. The van der Waals surface area contributed by atoms with Crippen LogP contribution in [-0.4, -0.2) is 54.5 Å². The molecule has 0 saturated carbocycles. The number of carbonyl (C=O) groups excluding carboxylic acids is 1. The van der Waals surface area contributed by atoms with E-state index >= 15 is 0 Å². The van der Waals surface area contributed by atoms with E-state index in [0.29, 0.717) is 13.1 Å². The molecule has 0 radical (unpaired) electrons. The summed E-state index contributed by atoms with van der Waals surface area (Å²) in [6.45, 7) is 10.8. The molecule has 0 aliphatic carbocycles. The van der Waals surface area contributed by atoms with Gasteiger partial charge in [-0.25, -0.2) is 4.79 Å². The fourth-order valence-electron chi connectivity index (χ4n) is 1.97. The molecule has 0 saturated heterocycles. The number of amidine groups is 1. The summed E-state index contributed by atoms with van der Waals surface area (Å²) in [5.41, 5.74) is 0.789. The number of nitrogens with one attached hydrogen (secondary N) is 1. The second-order valence-corrected chi connectivity index (χ2v) is 8.12. The van der Waals surface area contributed by atoms with Gasteiger partial charge in [0.05, 0.1) is 11.0 Å². The zero-order valence-corrected chi connectivity index (χ0v) is 18.5. The van der Waals surface area contributed by atoms with Gasteiger partial charge in [0.15, 0.2) is 0 Å². The second-order valence-electron chi connectivity index (χ2n) is 7.26. The highest BCUT2D eigenvalue weighted by Gasteiger charge is 2.19. The van der Waals surface area contributed by atoms with E-state index in [1.807, 2.05) is 45.0 Å². The van der Waals surface area contributed by atoms with Gasteiger partial charge in [-0.1, -0.05) is 12.5 Å².